The molecule has 2 aromatic carbocycles. The predicted octanol–water partition coefficient (Wildman–Crippen LogP) is 6.06. The molecule has 0 saturated carbocycles. The normalized spacial score (nSPS) is 11.3. The van der Waals surface area contributed by atoms with Crippen LogP contribution in [-0.4, -0.2) is 65.0 Å². The van der Waals surface area contributed by atoms with Crippen LogP contribution in [-0.2, 0) is 6.18 Å². The maximum Gasteiger partial charge on any atom is 0.416 e. The van der Waals surface area contributed by atoms with Crippen LogP contribution in [0.1, 0.15) is 22.3 Å². The fraction of sp³-hybridized carbons (Fsp3) is 0.250. The van der Waals surface area contributed by atoms with E-state index < -0.39 is 17.6 Å². The van der Waals surface area contributed by atoms with Gasteiger partial charge in [-0.05, 0) is 69.5 Å². The number of alkyl halides is 3. The molecule has 0 fully saturated rings. The summed E-state index contributed by atoms with van der Waals surface area (Å²) in [6, 6.07) is 10.9. The largest absolute Gasteiger partial charge is 0.438 e. The van der Waals surface area contributed by atoms with Crippen molar-refractivity contribution < 1.29 is 22.7 Å². The molecule has 0 atom stereocenters. The van der Waals surface area contributed by atoms with E-state index >= 15 is 0 Å². The molecule has 220 valence electrons. The fourth-order valence-electron chi connectivity index (χ4n) is 3.83. The molecule has 4 aromatic rings. The molecule has 2 aromatic heterocycles. The number of nitrogens with zero attached hydrogens (tertiary/aromatic N) is 5. The van der Waals surface area contributed by atoms with Gasteiger partial charge in [-0.3, -0.25) is 4.79 Å². The van der Waals surface area contributed by atoms with Gasteiger partial charge in [0.1, 0.15) is 12.1 Å². The number of nitrogens with one attached hydrogen (secondary N) is 3. The smallest absolute Gasteiger partial charge is 0.416 e. The Bertz CT molecular complexity index is 1550. The lowest BCUT2D eigenvalue weighted by molar-refractivity contribution is -0.137. The first kappa shape index (κ1) is 30.5. The number of ether oxygens (including phenoxy) is 1. The number of benzene rings is 2. The van der Waals surface area contributed by atoms with Gasteiger partial charge in [0.15, 0.2) is 5.82 Å². The van der Waals surface area contributed by atoms with Crippen LogP contribution >= 0.6 is 11.6 Å². The number of carbonyl (C=O) groups excluding carboxylic acids is 1. The van der Waals surface area contributed by atoms with Gasteiger partial charge in [0.05, 0.1) is 27.4 Å². The van der Waals surface area contributed by atoms with Crippen molar-refractivity contribution in [1.29, 1.82) is 0 Å². The molecular formula is C28H28ClF3N8O2. The molecule has 42 heavy (non-hydrogen) atoms. The van der Waals surface area contributed by atoms with Crippen molar-refractivity contribution in [1.82, 2.24) is 24.8 Å². The Morgan fingerprint density at radius 1 is 1.05 bits per heavy atom. The van der Waals surface area contributed by atoms with Gasteiger partial charge < -0.3 is 25.6 Å². The third-order valence-corrected chi connectivity index (χ3v) is 6.23. The summed E-state index contributed by atoms with van der Waals surface area (Å²) in [5.41, 5.74) is -0.258. The molecule has 0 aliphatic carbocycles. The minimum atomic E-state index is -4.63. The number of aromatic nitrogens is 4. The average Bonchev–Trinajstić information content (AvgIpc) is 2.96. The Hall–Kier alpha value is -4.49. The highest BCUT2D eigenvalue weighted by Crippen LogP contribution is 2.35. The minimum absolute atomic E-state index is 0.130. The van der Waals surface area contributed by atoms with Crippen molar-refractivity contribution in [2.75, 3.05) is 50.2 Å². The minimum Gasteiger partial charge on any atom is -0.438 e. The number of hydrogen-bond donors (Lipinski definition) is 3. The number of carbonyl (C=O) groups is 1. The van der Waals surface area contributed by atoms with Gasteiger partial charge >= 0.3 is 6.18 Å². The molecule has 2 heterocycles. The lowest BCUT2D eigenvalue weighted by Gasteiger charge is -2.17. The maximum absolute atomic E-state index is 13.5. The second-order valence-electron chi connectivity index (χ2n) is 9.28. The molecule has 14 heteroatoms. The molecular weight excluding hydrogens is 573 g/mol. The predicted molar refractivity (Wildman–Crippen MR) is 155 cm³/mol. The number of anilines is 3. The van der Waals surface area contributed by atoms with E-state index in [0.29, 0.717) is 23.9 Å². The highest BCUT2D eigenvalue weighted by Gasteiger charge is 2.32. The molecule has 10 nitrogen and oxygen atoms in total. The van der Waals surface area contributed by atoms with Gasteiger partial charge in [-0.2, -0.15) is 18.2 Å². The Balaban J connectivity index is 1.59. The van der Waals surface area contributed by atoms with Crippen LogP contribution in [0, 0.1) is 0 Å². The molecule has 0 aliphatic rings. The topological polar surface area (TPSA) is 117 Å². The summed E-state index contributed by atoms with van der Waals surface area (Å²) in [4.78, 5) is 32.1. The van der Waals surface area contributed by atoms with E-state index in [2.05, 4.69) is 35.9 Å². The zero-order chi connectivity index (χ0) is 30.3. The van der Waals surface area contributed by atoms with Crippen LogP contribution < -0.4 is 20.7 Å². The van der Waals surface area contributed by atoms with Gasteiger partial charge in [0.25, 0.3) is 5.91 Å². The number of amides is 1. The monoisotopic (exact) mass is 600 g/mol. The van der Waals surface area contributed by atoms with E-state index in [-0.39, 0.29) is 33.6 Å². The van der Waals surface area contributed by atoms with Crippen molar-refractivity contribution in [3.05, 3.63) is 77.2 Å². The number of rotatable bonds is 11. The van der Waals surface area contributed by atoms with E-state index in [1.54, 1.807) is 25.2 Å². The highest BCUT2D eigenvalue weighted by molar-refractivity contribution is 6.34. The maximum atomic E-state index is 13.5. The molecule has 0 spiro atoms. The van der Waals surface area contributed by atoms with Gasteiger partial charge in [-0.15, -0.1) is 0 Å². The van der Waals surface area contributed by atoms with Crippen molar-refractivity contribution >= 4 is 34.8 Å². The third-order valence-electron chi connectivity index (χ3n) is 5.90. The van der Waals surface area contributed by atoms with Gasteiger partial charge in [-0.1, -0.05) is 11.6 Å². The summed E-state index contributed by atoms with van der Waals surface area (Å²) in [5.74, 6) is 0.317. The molecule has 0 saturated heterocycles. The van der Waals surface area contributed by atoms with Crippen LogP contribution in [0.5, 0.6) is 11.6 Å². The van der Waals surface area contributed by atoms with Crippen molar-refractivity contribution in [2.24, 2.45) is 0 Å². The molecule has 0 aliphatic heterocycles. The van der Waals surface area contributed by atoms with Crippen LogP contribution in [0.25, 0.3) is 11.4 Å². The summed E-state index contributed by atoms with van der Waals surface area (Å²) >= 11 is 6.35. The average molecular weight is 601 g/mol. The second-order valence-corrected chi connectivity index (χ2v) is 9.69. The van der Waals surface area contributed by atoms with Crippen molar-refractivity contribution in [3.63, 3.8) is 0 Å². The first-order chi connectivity index (χ1) is 20.0. The lowest BCUT2D eigenvalue weighted by Crippen LogP contribution is -2.19. The van der Waals surface area contributed by atoms with Crippen molar-refractivity contribution in [2.45, 2.75) is 12.6 Å². The number of pyridine rings is 1. The summed E-state index contributed by atoms with van der Waals surface area (Å²) in [7, 11) is 5.51. The van der Waals surface area contributed by atoms with E-state index in [1.807, 2.05) is 19.0 Å². The van der Waals surface area contributed by atoms with Crippen LogP contribution in [0.4, 0.5) is 30.5 Å². The van der Waals surface area contributed by atoms with Crippen LogP contribution in [0.2, 0.25) is 5.02 Å². The number of halogens is 4. The molecule has 3 N–H and O–H groups in total. The van der Waals surface area contributed by atoms with Gasteiger partial charge in [0.2, 0.25) is 11.8 Å². The molecule has 4 rings (SSSR count). The molecule has 0 bridgehead atoms. The first-order valence-electron chi connectivity index (χ1n) is 12.8. The summed E-state index contributed by atoms with van der Waals surface area (Å²) in [6.07, 6.45) is -1.04. The third kappa shape index (κ3) is 7.83. The number of hydrogen-bond acceptors (Lipinski definition) is 9. The summed E-state index contributed by atoms with van der Waals surface area (Å²) < 4.78 is 46.5. The zero-order valence-corrected chi connectivity index (χ0v) is 23.7. The Kier molecular flexibility index (Phi) is 9.76. The quantitative estimate of drug-likeness (QED) is 0.177. The van der Waals surface area contributed by atoms with Crippen LogP contribution in [0.15, 0.2) is 61.1 Å². The summed E-state index contributed by atoms with van der Waals surface area (Å²) in [5, 5.41) is 8.67. The summed E-state index contributed by atoms with van der Waals surface area (Å²) in [6.45, 7) is 1.22. The Morgan fingerprint density at radius 3 is 2.60 bits per heavy atom. The van der Waals surface area contributed by atoms with Gasteiger partial charge in [0, 0.05) is 31.5 Å². The first-order valence-corrected chi connectivity index (χ1v) is 13.1. The van der Waals surface area contributed by atoms with E-state index in [0.717, 1.165) is 25.1 Å². The Morgan fingerprint density at radius 2 is 1.86 bits per heavy atom. The Labute approximate surface area is 245 Å². The van der Waals surface area contributed by atoms with Gasteiger partial charge in [-0.25, -0.2) is 15.0 Å². The highest BCUT2D eigenvalue weighted by atomic mass is 35.5. The molecule has 1 amide bonds. The lowest BCUT2D eigenvalue weighted by atomic mass is 10.1. The zero-order valence-electron chi connectivity index (χ0n) is 23.0. The van der Waals surface area contributed by atoms with E-state index in [9.17, 15) is 18.0 Å². The second kappa shape index (κ2) is 13.4. The van der Waals surface area contributed by atoms with E-state index in [1.165, 1.54) is 30.7 Å². The molecule has 0 unspecified atom stereocenters. The standard InChI is InChI=1S/C28H28ClF3N8O2/c1-33-27-37-16-36-24(39-27)19-6-4-11-35-26(19)42-18-8-9-21(29)23(15-18)38-25(41)20-14-17(28(30,31)32)7-10-22(20)34-12-5-13-40(2)3/h4,6-11,14-16,34H,5,12-13H2,1-3H3,(H,38,41)(H,33,36,37,39). The fourth-order valence-corrected chi connectivity index (χ4v) is 4.00. The van der Waals surface area contributed by atoms with E-state index in [4.69, 9.17) is 16.3 Å². The molecule has 0 radical (unpaired) electrons. The van der Waals surface area contributed by atoms with Crippen LogP contribution in [0.3, 0.4) is 0 Å². The van der Waals surface area contributed by atoms with Crippen molar-refractivity contribution in [3.8, 4) is 23.0 Å². The SMILES string of the molecule is CNc1ncnc(-c2cccnc2Oc2ccc(Cl)c(NC(=O)c3cc(C(F)(F)F)ccc3NCCCN(C)C)c2)n1.